The van der Waals surface area contributed by atoms with Crippen molar-refractivity contribution in [3.8, 4) is 5.88 Å². The van der Waals surface area contributed by atoms with Crippen molar-refractivity contribution in [1.29, 1.82) is 0 Å². The molecule has 1 saturated carbocycles. The van der Waals surface area contributed by atoms with Crippen molar-refractivity contribution in [3.05, 3.63) is 41.4 Å². The maximum absolute atomic E-state index is 13.1. The van der Waals surface area contributed by atoms with Gasteiger partial charge in [0, 0.05) is 55.9 Å². The van der Waals surface area contributed by atoms with Gasteiger partial charge < -0.3 is 19.4 Å². The van der Waals surface area contributed by atoms with Gasteiger partial charge in [-0.25, -0.2) is 0 Å². The lowest BCUT2D eigenvalue weighted by Gasteiger charge is -2.36. The number of aromatic nitrogens is 2. The number of piperazine rings is 1. The molecular formula is C25H30ClN5O3. The van der Waals surface area contributed by atoms with Gasteiger partial charge in [0.1, 0.15) is 6.10 Å². The number of benzene rings is 1. The zero-order chi connectivity index (χ0) is 23.5. The Labute approximate surface area is 204 Å². The maximum Gasteiger partial charge on any atom is 0.233 e. The normalized spacial score (nSPS) is 21.7. The number of nitrogens with zero attached hydrogens (tertiary/aromatic N) is 5. The molecule has 2 amide bonds. The van der Waals surface area contributed by atoms with Crippen molar-refractivity contribution in [2.45, 2.75) is 44.6 Å². The molecule has 5 rings (SSSR count). The molecule has 1 unspecified atom stereocenters. The largest absolute Gasteiger partial charge is 0.473 e. The first-order valence-corrected chi connectivity index (χ1v) is 12.5. The molecule has 180 valence electrons. The van der Waals surface area contributed by atoms with Crippen LogP contribution in [0, 0.1) is 5.92 Å². The minimum absolute atomic E-state index is 0.0230. The Morgan fingerprint density at radius 3 is 2.35 bits per heavy atom. The summed E-state index contributed by atoms with van der Waals surface area (Å²) in [6.45, 7) is 2.99. The fourth-order valence-corrected chi connectivity index (χ4v) is 5.18. The van der Waals surface area contributed by atoms with Crippen LogP contribution in [0.15, 0.2) is 36.4 Å². The van der Waals surface area contributed by atoms with Crippen LogP contribution in [0.4, 0.5) is 11.5 Å². The molecule has 1 atom stereocenters. The van der Waals surface area contributed by atoms with Gasteiger partial charge in [-0.15, -0.1) is 10.2 Å². The lowest BCUT2D eigenvalue weighted by Crippen LogP contribution is -2.51. The Morgan fingerprint density at radius 2 is 1.68 bits per heavy atom. The van der Waals surface area contributed by atoms with E-state index in [2.05, 4.69) is 15.1 Å². The molecule has 1 aromatic carbocycles. The van der Waals surface area contributed by atoms with Gasteiger partial charge in [-0.2, -0.15) is 0 Å². The van der Waals surface area contributed by atoms with Crippen LogP contribution in [0.25, 0.3) is 0 Å². The zero-order valence-electron chi connectivity index (χ0n) is 19.2. The van der Waals surface area contributed by atoms with Crippen molar-refractivity contribution in [2.75, 3.05) is 42.5 Å². The molecule has 9 heteroatoms. The van der Waals surface area contributed by atoms with E-state index in [1.807, 2.05) is 29.2 Å². The van der Waals surface area contributed by atoms with Crippen molar-refractivity contribution in [2.24, 2.45) is 5.92 Å². The number of amides is 2. The smallest absolute Gasteiger partial charge is 0.233 e. The average Bonchev–Trinajstić information content (AvgIpc) is 3.27. The van der Waals surface area contributed by atoms with Gasteiger partial charge in [-0.1, -0.05) is 18.0 Å². The maximum atomic E-state index is 13.1. The quantitative estimate of drug-likeness (QED) is 0.647. The number of carbonyl (C=O) groups is 2. The van der Waals surface area contributed by atoms with Crippen LogP contribution in [0.1, 0.15) is 38.5 Å². The molecule has 2 aromatic rings. The van der Waals surface area contributed by atoms with Crippen LogP contribution in [-0.2, 0) is 9.59 Å². The number of halogens is 1. The van der Waals surface area contributed by atoms with Crippen LogP contribution in [0.3, 0.4) is 0 Å². The summed E-state index contributed by atoms with van der Waals surface area (Å²) >= 11 is 5.96. The van der Waals surface area contributed by atoms with Crippen LogP contribution in [0.5, 0.6) is 5.88 Å². The topological polar surface area (TPSA) is 78.9 Å². The zero-order valence-corrected chi connectivity index (χ0v) is 20.0. The summed E-state index contributed by atoms with van der Waals surface area (Å²) in [5, 5.41) is 9.25. The van der Waals surface area contributed by atoms with E-state index < -0.39 is 0 Å². The minimum atomic E-state index is -0.314. The van der Waals surface area contributed by atoms with Crippen molar-refractivity contribution < 1.29 is 14.3 Å². The molecule has 0 radical (unpaired) electrons. The monoisotopic (exact) mass is 483 g/mol. The molecule has 1 aliphatic carbocycles. The van der Waals surface area contributed by atoms with Gasteiger partial charge in [-0.05, 0) is 56.0 Å². The molecule has 2 saturated heterocycles. The highest BCUT2D eigenvalue weighted by molar-refractivity contribution is 6.30. The van der Waals surface area contributed by atoms with Crippen LogP contribution in [0.2, 0.25) is 5.02 Å². The van der Waals surface area contributed by atoms with Crippen molar-refractivity contribution >= 4 is 34.9 Å². The van der Waals surface area contributed by atoms with E-state index >= 15 is 0 Å². The van der Waals surface area contributed by atoms with E-state index in [4.69, 9.17) is 16.3 Å². The fourth-order valence-electron chi connectivity index (χ4n) is 5.06. The van der Waals surface area contributed by atoms with Crippen LogP contribution >= 0.6 is 11.6 Å². The Hall–Kier alpha value is -2.87. The number of carbonyl (C=O) groups excluding carboxylic acids is 2. The summed E-state index contributed by atoms with van der Waals surface area (Å²) in [4.78, 5) is 31.3. The highest BCUT2D eigenvalue weighted by atomic mass is 35.5. The summed E-state index contributed by atoms with van der Waals surface area (Å²) in [7, 11) is 0. The van der Waals surface area contributed by atoms with Gasteiger partial charge in [0.25, 0.3) is 0 Å². The molecule has 8 nitrogen and oxygen atoms in total. The third-order valence-electron chi connectivity index (χ3n) is 6.99. The third-order valence-corrected chi connectivity index (χ3v) is 7.25. The number of hydrogen-bond acceptors (Lipinski definition) is 6. The Kier molecular flexibility index (Phi) is 6.85. The molecule has 2 aliphatic heterocycles. The number of hydrogen-bond donors (Lipinski definition) is 0. The third kappa shape index (κ3) is 5.12. The van der Waals surface area contributed by atoms with Gasteiger partial charge >= 0.3 is 0 Å². The fraction of sp³-hybridized carbons (Fsp3) is 0.520. The lowest BCUT2D eigenvalue weighted by atomic mass is 9.98. The Balaban J connectivity index is 1.12. The predicted octanol–water partition coefficient (Wildman–Crippen LogP) is 3.54. The van der Waals surface area contributed by atoms with E-state index in [-0.39, 0.29) is 30.3 Å². The molecule has 1 aromatic heterocycles. The predicted molar refractivity (Wildman–Crippen MR) is 130 cm³/mol. The molecule has 34 heavy (non-hydrogen) atoms. The second kappa shape index (κ2) is 10.2. The molecule has 0 N–H and O–H groups in total. The summed E-state index contributed by atoms with van der Waals surface area (Å²) in [5.41, 5.74) is 0.781. The summed E-state index contributed by atoms with van der Waals surface area (Å²) < 4.78 is 5.98. The number of ether oxygens (including phenoxy) is 1. The standard InChI is InChI=1S/C25H30ClN5O3/c26-19-6-8-20(9-7-19)31-17-18(16-24(31)32)25(33)30-14-12-29(13-15-30)22-10-11-23(28-27-22)34-21-4-2-1-3-5-21/h6-11,18,21H,1-5,12-17H2. The van der Waals surface area contributed by atoms with Crippen molar-refractivity contribution in [3.63, 3.8) is 0 Å². The molecule has 0 bridgehead atoms. The lowest BCUT2D eigenvalue weighted by molar-refractivity contribution is -0.136. The second-order valence-corrected chi connectivity index (χ2v) is 9.74. The molecular weight excluding hydrogens is 454 g/mol. The van der Waals surface area contributed by atoms with E-state index in [0.29, 0.717) is 43.6 Å². The summed E-state index contributed by atoms with van der Waals surface area (Å²) in [6, 6.07) is 11.0. The van der Waals surface area contributed by atoms with Crippen LogP contribution in [-0.4, -0.2) is 65.7 Å². The Bertz CT molecular complexity index is 1000. The van der Waals surface area contributed by atoms with Gasteiger partial charge in [0.2, 0.25) is 17.7 Å². The minimum Gasteiger partial charge on any atom is -0.473 e. The first kappa shape index (κ1) is 22.9. The van der Waals surface area contributed by atoms with Gasteiger partial charge in [-0.3, -0.25) is 9.59 Å². The van der Waals surface area contributed by atoms with E-state index in [9.17, 15) is 9.59 Å². The SMILES string of the molecule is O=C(C1CC(=O)N(c2ccc(Cl)cc2)C1)N1CCN(c2ccc(OC3CCCCC3)nn2)CC1. The first-order valence-electron chi connectivity index (χ1n) is 12.2. The highest BCUT2D eigenvalue weighted by Crippen LogP contribution is 2.28. The van der Waals surface area contributed by atoms with E-state index in [0.717, 1.165) is 24.3 Å². The average molecular weight is 484 g/mol. The number of rotatable bonds is 5. The molecule has 3 heterocycles. The van der Waals surface area contributed by atoms with Crippen LogP contribution < -0.4 is 14.5 Å². The molecule has 3 fully saturated rings. The first-order chi connectivity index (χ1) is 16.6. The van der Waals surface area contributed by atoms with Crippen molar-refractivity contribution in [1.82, 2.24) is 15.1 Å². The summed E-state index contributed by atoms with van der Waals surface area (Å²) in [6.07, 6.45) is 6.39. The molecule has 0 spiro atoms. The highest BCUT2D eigenvalue weighted by Gasteiger charge is 2.38. The van der Waals surface area contributed by atoms with Gasteiger partial charge in [0.15, 0.2) is 5.82 Å². The van der Waals surface area contributed by atoms with E-state index in [1.165, 1.54) is 19.3 Å². The summed E-state index contributed by atoms with van der Waals surface area (Å²) in [5.74, 6) is 1.09. The van der Waals surface area contributed by atoms with E-state index in [1.54, 1.807) is 17.0 Å². The van der Waals surface area contributed by atoms with Gasteiger partial charge in [0.05, 0.1) is 5.92 Å². The molecule has 3 aliphatic rings. The Morgan fingerprint density at radius 1 is 0.941 bits per heavy atom. The second-order valence-electron chi connectivity index (χ2n) is 9.30. The number of anilines is 2.